The minimum absolute atomic E-state index is 0.0494. The van der Waals surface area contributed by atoms with Gasteiger partial charge in [0.15, 0.2) is 5.49 Å². The van der Waals surface area contributed by atoms with Crippen molar-refractivity contribution in [2.45, 2.75) is 32.7 Å². The molecule has 37 heavy (non-hydrogen) atoms. The highest BCUT2D eigenvalue weighted by atomic mass is 16.1. The van der Waals surface area contributed by atoms with E-state index in [0.29, 0.717) is 16.9 Å². The van der Waals surface area contributed by atoms with Gasteiger partial charge in [-0.15, -0.1) is 0 Å². The molecule has 0 unspecified atom stereocenters. The summed E-state index contributed by atoms with van der Waals surface area (Å²) in [7, 11) is 0. The van der Waals surface area contributed by atoms with Crippen molar-refractivity contribution in [2.75, 3.05) is 0 Å². The number of nitrogens with zero attached hydrogens (tertiary/aromatic N) is 5. The lowest BCUT2D eigenvalue weighted by Gasteiger charge is -2.18. The first kappa shape index (κ1) is 23.9. The van der Waals surface area contributed by atoms with Crippen molar-refractivity contribution >= 4 is 22.6 Å². The van der Waals surface area contributed by atoms with Gasteiger partial charge in [-0.3, -0.25) is 14.0 Å². The average Bonchev–Trinajstić information content (AvgIpc) is 2.90. The molecule has 0 aliphatic rings. The Hall–Kier alpha value is -4.83. The summed E-state index contributed by atoms with van der Waals surface area (Å²) in [6, 6.07) is 25.8. The lowest BCUT2D eigenvalue weighted by molar-refractivity contribution is 0.0997. The summed E-state index contributed by atoms with van der Waals surface area (Å²) in [5, 5.41) is 10.3. The Morgan fingerprint density at radius 1 is 1.00 bits per heavy atom. The summed E-state index contributed by atoms with van der Waals surface area (Å²) in [4.78, 5) is 35.8. The van der Waals surface area contributed by atoms with E-state index in [0.717, 1.165) is 11.1 Å². The van der Waals surface area contributed by atoms with Gasteiger partial charge in [-0.25, -0.2) is 4.98 Å². The molecule has 0 atom stereocenters. The normalized spacial score (nSPS) is 12.1. The van der Waals surface area contributed by atoms with Crippen LogP contribution in [0.1, 0.15) is 47.8 Å². The second kappa shape index (κ2) is 9.32. The fraction of sp³-hybridized carbons (Fsp3) is 0.167. The quantitative estimate of drug-likeness (QED) is 0.348. The van der Waals surface area contributed by atoms with Crippen molar-refractivity contribution in [1.29, 1.82) is 5.26 Å². The molecule has 0 saturated heterocycles. The van der Waals surface area contributed by atoms with E-state index in [2.05, 4.69) is 31.8 Å². The van der Waals surface area contributed by atoms with E-state index >= 15 is 0 Å². The molecule has 5 rings (SSSR count). The van der Waals surface area contributed by atoms with Crippen molar-refractivity contribution in [3.63, 3.8) is 0 Å². The Balaban J connectivity index is 1.79. The minimum atomic E-state index is -0.476. The standard InChI is InChI=1S/C30H25N5O2/c1-30(2,3)23-14-12-21(13-15-23)28(36)33-26-22(18-31)17-24-27(35(26)19-20-9-5-4-6-10-20)32-25-11-7-8-16-34(25)29(24)37/h4-17H,19H2,1-3H3. The van der Waals surface area contributed by atoms with Gasteiger partial charge in [0.05, 0.1) is 17.5 Å². The second-order valence-corrected chi connectivity index (χ2v) is 9.89. The average molecular weight is 488 g/mol. The maximum absolute atomic E-state index is 13.3. The van der Waals surface area contributed by atoms with Crippen molar-refractivity contribution < 1.29 is 4.79 Å². The lowest BCUT2D eigenvalue weighted by Crippen LogP contribution is -2.30. The summed E-state index contributed by atoms with van der Waals surface area (Å²) < 4.78 is 3.12. The first-order chi connectivity index (χ1) is 17.8. The molecule has 0 N–H and O–H groups in total. The summed E-state index contributed by atoms with van der Waals surface area (Å²) in [6.07, 6.45) is 1.64. The van der Waals surface area contributed by atoms with Crippen LogP contribution < -0.4 is 11.0 Å². The molecular formula is C30H25N5O2. The predicted molar refractivity (Wildman–Crippen MR) is 142 cm³/mol. The molecular weight excluding hydrogens is 462 g/mol. The number of carbonyl (C=O) groups is 1. The minimum Gasteiger partial charge on any atom is -0.305 e. The molecule has 0 spiro atoms. The van der Waals surface area contributed by atoms with E-state index in [-0.39, 0.29) is 34.0 Å². The van der Waals surface area contributed by atoms with Crippen LogP contribution in [0.15, 0.2) is 94.8 Å². The zero-order chi connectivity index (χ0) is 26.2. The van der Waals surface area contributed by atoms with E-state index < -0.39 is 5.91 Å². The smallest absolute Gasteiger partial charge is 0.278 e. The Labute approximate surface area is 213 Å². The zero-order valence-electron chi connectivity index (χ0n) is 20.8. The van der Waals surface area contributed by atoms with Gasteiger partial charge < -0.3 is 4.57 Å². The third kappa shape index (κ3) is 4.57. The number of amides is 1. The number of rotatable bonds is 3. The SMILES string of the molecule is CC(C)(C)c1ccc(C(=O)N=c2c(C#N)cc3c(=O)n4ccccc4nc3n2Cc2ccccc2)cc1. The Kier molecular flexibility index (Phi) is 6.02. The van der Waals surface area contributed by atoms with Crippen LogP contribution >= 0.6 is 0 Å². The van der Waals surface area contributed by atoms with Crippen molar-refractivity contribution in [3.8, 4) is 6.07 Å². The molecule has 1 amide bonds. The lowest BCUT2D eigenvalue weighted by atomic mass is 9.87. The molecule has 182 valence electrons. The fourth-order valence-electron chi connectivity index (χ4n) is 4.27. The van der Waals surface area contributed by atoms with Crippen LogP contribution in [0.3, 0.4) is 0 Å². The predicted octanol–water partition coefficient (Wildman–Crippen LogP) is 4.61. The van der Waals surface area contributed by atoms with Gasteiger partial charge in [-0.1, -0.05) is 69.3 Å². The van der Waals surface area contributed by atoms with Gasteiger partial charge in [-0.05, 0) is 46.9 Å². The van der Waals surface area contributed by atoms with Crippen LogP contribution in [-0.4, -0.2) is 19.9 Å². The zero-order valence-corrected chi connectivity index (χ0v) is 20.8. The number of hydrogen-bond acceptors (Lipinski definition) is 4. The second-order valence-electron chi connectivity index (χ2n) is 9.89. The van der Waals surface area contributed by atoms with Gasteiger partial charge in [-0.2, -0.15) is 10.3 Å². The van der Waals surface area contributed by atoms with E-state index in [1.165, 1.54) is 10.5 Å². The first-order valence-corrected chi connectivity index (χ1v) is 11.9. The van der Waals surface area contributed by atoms with E-state index in [9.17, 15) is 14.9 Å². The summed E-state index contributed by atoms with van der Waals surface area (Å²) in [5.74, 6) is -0.476. The van der Waals surface area contributed by atoms with Crippen LogP contribution in [0.4, 0.5) is 0 Å². The number of benzene rings is 2. The molecule has 3 heterocycles. The number of fused-ring (bicyclic) bond motifs is 2. The third-order valence-electron chi connectivity index (χ3n) is 6.30. The highest BCUT2D eigenvalue weighted by Gasteiger charge is 2.17. The summed E-state index contributed by atoms with van der Waals surface area (Å²) >= 11 is 0. The van der Waals surface area contributed by atoms with E-state index in [4.69, 9.17) is 4.98 Å². The van der Waals surface area contributed by atoms with Crippen molar-refractivity contribution in [1.82, 2.24) is 14.0 Å². The Morgan fingerprint density at radius 3 is 2.38 bits per heavy atom. The molecule has 7 nitrogen and oxygen atoms in total. The van der Waals surface area contributed by atoms with Crippen molar-refractivity contribution in [2.24, 2.45) is 4.99 Å². The van der Waals surface area contributed by atoms with Gasteiger partial charge in [0.1, 0.15) is 17.4 Å². The molecule has 5 aromatic rings. The molecule has 0 aliphatic carbocycles. The molecule has 7 heteroatoms. The monoisotopic (exact) mass is 487 g/mol. The van der Waals surface area contributed by atoms with Crippen LogP contribution in [-0.2, 0) is 12.0 Å². The Morgan fingerprint density at radius 2 is 1.70 bits per heavy atom. The van der Waals surface area contributed by atoms with Crippen molar-refractivity contribution in [3.05, 3.63) is 123 Å². The summed E-state index contributed by atoms with van der Waals surface area (Å²) in [5.41, 5.74) is 3.18. The first-order valence-electron chi connectivity index (χ1n) is 11.9. The van der Waals surface area contributed by atoms with Gasteiger partial charge in [0.25, 0.3) is 11.5 Å². The van der Waals surface area contributed by atoms with Crippen LogP contribution in [0.5, 0.6) is 0 Å². The molecule has 0 radical (unpaired) electrons. The third-order valence-corrected chi connectivity index (χ3v) is 6.30. The van der Waals surface area contributed by atoms with Gasteiger partial charge >= 0.3 is 0 Å². The molecule has 0 aliphatic heterocycles. The molecule has 0 fully saturated rings. The van der Waals surface area contributed by atoms with Crippen LogP contribution in [0, 0.1) is 11.3 Å². The van der Waals surface area contributed by atoms with Crippen LogP contribution in [0.25, 0.3) is 16.7 Å². The van der Waals surface area contributed by atoms with Gasteiger partial charge in [0, 0.05) is 11.8 Å². The number of carbonyl (C=O) groups excluding carboxylic acids is 1. The van der Waals surface area contributed by atoms with E-state index in [1.807, 2.05) is 42.5 Å². The highest BCUT2D eigenvalue weighted by molar-refractivity contribution is 5.95. The largest absolute Gasteiger partial charge is 0.305 e. The maximum atomic E-state index is 13.3. The number of hydrogen-bond donors (Lipinski definition) is 0. The van der Waals surface area contributed by atoms with Gasteiger partial charge in [0.2, 0.25) is 0 Å². The number of nitriles is 1. The van der Waals surface area contributed by atoms with E-state index in [1.54, 1.807) is 41.1 Å². The molecule has 3 aromatic heterocycles. The number of pyridine rings is 2. The number of aromatic nitrogens is 3. The Bertz CT molecular complexity index is 1820. The maximum Gasteiger partial charge on any atom is 0.278 e. The van der Waals surface area contributed by atoms with Crippen LogP contribution in [0.2, 0.25) is 0 Å². The fourth-order valence-corrected chi connectivity index (χ4v) is 4.27. The molecule has 0 bridgehead atoms. The highest BCUT2D eigenvalue weighted by Crippen LogP contribution is 2.22. The summed E-state index contributed by atoms with van der Waals surface area (Å²) in [6.45, 7) is 6.59. The molecule has 2 aromatic carbocycles. The molecule has 0 saturated carbocycles. The topological polar surface area (TPSA) is 92.5 Å².